The quantitative estimate of drug-likeness (QED) is 0.531. The van der Waals surface area contributed by atoms with Gasteiger partial charge < -0.3 is 5.32 Å². The van der Waals surface area contributed by atoms with Crippen LogP contribution >= 0.6 is 0 Å². The lowest BCUT2D eigenvalue weighted by Gasteiger charge is -2.20. The van der Waals surface area contributed by atoms with Gasteiger partial charge in [-0.25, -0.2) is 4.79 Å². The second-order valence-electron chi connectivity index (χ2n) is 7.41. The maximum atomic E-state index is 12.7. The Morgan fingerprint density at radius 2 is 1.81 bits per heavy atom. The van der Waals surface area contributed by atoms with Crippen molar-refractivity contribution in [2.45, 2.75) is 71.9 Å². The van der Waals surface area contributed by atoms with E-state index in [1.54, 1.807) is 6.92 Å². The van der Waals surface area contributed by atoms with Gasteiger partial charge in [0.05, 0.1) is 0 Å². The predicted molar refractivity (Wildman–Crippen MR) is 107 cm³/mol. The third kappa shape index (κ3) is 5.31. The Balaban J connectivity index is 1.94. The van der Waals surface area contributed by atoms with Crippen LogP contribution < -0.4 is 10.2 Å². The Labute approximate surface area is 161 Å². The first kappa shape index (κ1) is 20.9. The van der Waals surface area contributed by atoms with Gasteiger partial charge >= 0.3 is 6.03 Å². The fourth-order valence-electron chi connectivity index (χ4n) is 3.32. The zero-order chi connectivity index (χ0) is 20.0. The summed E-state index contributed by atoms with van der Waals surface area (Å²) in [4.78, 5) is 40.0. The summed E-state index contributed by atoms with van der Waals surface area (Å²) >= 11 is 0. The molecule has 0 spiro atoms. The minimum absolute atomic E-state index is 0.0350. The Kier molecular flexibility index (Phi) is 7.39. The fourth-order valence-corrected chi connectivity index (χ4v) is 3.32. The number of amides is 4. The number of hydrogen-bond donors (Lipinski definition) is 1. The number of rotatable bonds is 9. The summed E-state index contributed by atoms with van der Waals surface area (Å²) in [5.41, 5.74) is 1.74. The highest BCUT2D eigenvalue weighted by atomic mass is 16.2. The van der Waals surface area contributed by atoms with E-state index in [0.717, 1.165) is 29.7 Å². The molecule has 1 aliphatic heterocycles. The van der Waals surface area contributed by atoms with Crippen LogP contribution in [0.25, 0.3) is 0 Å². The van der Waals surface area contributed by atoms with Crippen LogP contribution in [0.4, 0.5) is 10.5 Å². The molecule has 6 heteroatoms. The maximum absolute atomic E-state index is 12.7. The van der Waals surface area contributed by atoms with Crippen LogP contribution in [0, 0.1) is 6.92 Å². The van der Waals surface area contributed by atoms with Crippen LogP contribution in [-0.2, 0) is 9.59 Å². The van der Waals surface area contributed by atoms with Crippen LogP contribution in [0.1, 0.15) is 58.4 Å². The van der Waals surface area contributed by atoms with Gasteiger partial charge in [-0.1, -0.05) is 50.3 Å². The molecule has 1 fully saturated rings. The van der Waals surface area contributed by atoms with Gasteiger partial charge in [0.1, 0.15) is 12.6 Å². The maximum Gasteiger partial charge on any atom is 0.332 e. The molecule has 0 saturated carbocycles. The number of imide groups is 1. The van der Waals surface area contributed by atoms with Crippen molar-refractivity contribution in [1.29, 1.82) is 0 Å². The number of hydrogen-bond acceptors (Lipinski definition) is 3. The third-order valence-electron chi connectivity index (χ3n) is 4.96. The van der Waals surface area contributed by atoms with Gasteiger partial charge in [-0.3, -0.25) is 19.4 Å². The van der Waals surface area contributed by atoms with Gasteiger partial charge in [-0.15, -0.1) is 0 Å². The second kappa shape index (κ2) is 9.53. The lowest BCUT2D eigenvalue weighted by atomic mass is 10.1. The number of benzene rings is 1. The molecule has 2 atom stereocenters. The van der Waals surface area contributed by atoms with E-state index in [2.05, 4.69) is 12.2 Å². The summed E-state index contributed by atoms with van der Waals surface area (Å²) in [6.07, 6.45) is 5.50. The van der Waals surface area contributed by atoms with Crippen LogP contribution in [0.3, 0.4) is 0 Å². The lowest BCUT2D eigenvalue weighted by Crippen LogP contribution is -2.44. The Bertz CT molecular complexity index is 672. The van der Waals surface area contributed by atoms with Crippen molar-refractivity contribution in [3.8, 4) is 0 Å². The van der Waals surface area contributed by atoms with Gasteiger partial charge in [0.2, 0.25) is 5.91 Å². The van der Waals surface area contributed by atoms with Gasteiger partial charge in [0.25, 0.3) is 5.91 Å². The number of anilines is 1. The number of nitrogens with zero attached hydrogens (tertiary/aromatic N) is 2. The van der Waals surface area contributed by atoms with E-state index in [4.69, 9.17) is 0 Å². The number of nitrogens with one attached hydrogen (secondary N) is 1. The van der Waals surface area contributed by atoms with Gasteiger partial charge in [0.15, 0.2) is 0 Å². The van der Waals surface area contributed by atoms with Crippen molar-refractivity contribution in [3.05, 3.63) is 29.8 Å². The summed E-state index contributed by atoms with van der Waals surface area (Å²) in [6.45, 7) is 7.54. The van der Waals surface area contributed by atoms with E-state index in [0.29, 0.717) is 5.69 Å². The highest BCUT2D eigenvalue weighted by Crippen LogP contribution is 2.25. The zero-order valence-electron chi connectivity index (χ0n) is 16.8. The van der Waals surface area contributed by atoms with Crippen molar-refractivity contribution in [3.63, 3.8) is 0 Å². The fraction of sp³-hybridized carbons (Fsp3) is 0.571. The van der Waals surface area contributed by atoms with E-state index in [1.165, 1.54) is 17.7 Å². The smallest absolute Gasteiger partial charge is 0.332 e. The molecule has 27 heavy (non-hydrogen) atoms. The molecule has 0 bridgehead atoms. The van der Waals surface area contributed by atoms with Gasteiger partial charge in [0, 0.05) is 11.7 Å². The van der Waals surface area contributed by atoms with Gasteiger partial charge in [-0.2, -0.15) is 0 Å². The number of carbonyl (C=O) groups excluding carboxylic acids is 3. The van der Waals surface area contributed by atoms with E-state index in [9.17, 15) is 14.4 Å². The highest BCUT2D eigenvalue weighted by Gasteiger charge is 2.44. The Morgan fingerprint density at radius 3 is 2.44 bits per heavy atom. The average Bonchev–Trinajstić information content (AvgIpc) is 2.83. The molecule has 1 heterocycles. The molecule has 0 aromatic heterocycles. The number of aryl methyl sites for hydroxylation is 1. The first-order chi connectivity index (χ1) is 12.8. The predicted octanol–water partition coefficient (Wildman–Crippen LogP) is 3.63. The Morgan fingerprint density at radius 1 is 1.15 bits per heavy atom. The van der Waals surface area contributed by atoms with Gasteiger partial charge in [-0.05, 0) is 39.3 Å². The van der Waals surface area contributed by atoms with E-state index >= 15 is 0 Å². The van der Waals surface area contributed by atoms with E-state index < -0.39 is 12.1 Å². The molecule has 148 valence electrons. The van der Waals surface area contributed by atoms with Crippen LogP contribution in [0.15, 0.2) is 24.3 Å². The van der Waals surface area contributed by atoms with E-state index in [1.807, 2.05) is 38.1 Å². The number of carbonyl (C=O) groups is 3. The van der Waals surface area contributed by atoms with Crippen molar-refractivity contribution in [2.75, 3.05) is 11.4 Å². The molecule has 0 radical (unpaired) electrons. The van der Waals surface area contributed by atoms with Crippen LogP contribution in [-0.4, -0.2) is 41.4 Å². The van der Waals surface area contributed by atoms with Crippen molar-refractivity contribution in [1.82, 2.24) is 10.2 Å². The molecule has 2 rings (SSSR count). The lowest BCUT2D eigenvalue weighted by molar-refractivity contribution is -0.132. The molecule has 1 saturated heterocycles. The summed E-state index contributed by atoms with van der Waals surface area (Å²) in [6, 6.07) is 6.41. The molecule has 6 nitrogen and oxygen atoms in total. The Hall–Kier alpha value is -2.37. The van der Waals surface area contributed by atoms with Crippen molar-refractivity contribution < 1.29 is 14.4 Å². The normalized spacial score (nSPS) is 18.1. The molecule has 1 N–H and O–H groups in total. The topological polar surface area (TPSA) is 69.7 Å². The summed E-state index contributed by atoms with van der Waals surface area (Å²) in [5, 5.41) is 2.90. The third-order valence-corrected chi connectivity index (χ3v) is 4.96. The SMILES string of the molecule is CCCCCC[C@H](C)NC(=O)CN1C(=O)[C@H](C)N(c2ccc(C)cc2)C1=O. The van der Waals surface area contributed by atoms with E-state index in [-0.39, 0.29) is 24.4 Å². The molecule has 1 aliphatic rings. The molecule has 1 aromatic rings. The van der Waals surface area contributed by atoms with Crippen LogP contribution in [0.2, 0.25) is 0 Å². The largest absolute Gasteiger partial charge is 0.352 e. The second-order valence-corrected chi connectivity index (χ2v) is 7.41. The molecule has 0 unspecified atom stereocenters. The summed E-state index contributed by atoms with van der Waals surface area (Å²) < 4.78 is 0. The van der Waals surface area contributed by atoms with Crippen LogP contribution in [0.5, 0.6) is 0 Å². The molecular formula is C21H31N3O3. The monoisotopic (exact) mass is 373 g/mol. The standard InChI is InChI=1S/C21H31N3O3/c1-5-6-7-8-9-16(3)22-19(25)14-23-20(26)17(4)24(21(23)27)18-12-10-15(2)11-13-18/h10-13,16-17H,5-9,14H2,1-4H3,(H,22,25)/t16-,17-/m0/s1. The zero-order valence-corrected chi connectivity index (χ0v) is 16.8. The average molecular weight is 373 g/mol. The molecular weight excluding hydrogens is 342 g/mol. The summed E-state index contributed by atoms with van der Waals surface area (Å²) in [7, 11) is 0. The number of urea groups is 1. The summed E-state index contributed by atoms with van der Waals surface area (Å²) in [5.74, 6) is -0.635. The molecule has 0 aliphatic carbocycles. The molecule has 1 aromatic carbocycles. The highest BCUT2D eigenvalue weighted by molar-refractivity contribution is 6.15. The van der Waals surface area contributed by atoms with Crippen molar-refractivity contribution in [2.24, 2.45) is 0 Å². The first-order valence-corrected chi connectivity index (χ1v) is 9.85. The minimum Gasteiger partial charge on any atom is -0.352 e. The first-order valence-electron chi connectivity index (χ1n) is 9.85. The minimum atomic E-state index is -0.612. The number of unbranched alkanes of at least 4 members (excludes halogenated alkanes) is 3. The van der Waals surface area contributed by atoms with Crippen molar-refractivity contribution >= 4 is 23.5 Å². The molecule has 4 amide bonds.